The van der Waals surface area contributed by atoms with E-state index in [9.17, 15) is 0 Å². The van der Waals surface area contributed by atoms with Crippen LogP contribution in [-0.4, -0.2) is 51.3 Å². The summed E-state index contributed by atoms with van der Waals surface area (Å²) in [5, 5.41) is 0. The predicted molar refractivity (Wildman–Crippen MR) is 175 cm³/mol. The molecule has 4 heteroatoms. The summed E-state index contributed by atoms with van der Waals surface area (Å²) in [6.45, 7) is 4.64. The Labute approximate surface area is 241 Å². The standard InChI is InChI=1S/C36H38B2N2/c1-25-23-33-29(27-15-9-7-10-16-27)19-13-21-31(33)35(25)37-38(39(3)4,40(5)6)36-26(2)24-34-30(20-14-22-32(34)36)28-17-11-8-12-18-28/h7-24,35-36H,1-6H3/q-1. The highest BCUT2D eigenvalue weighted by Gasteiger charge is 2.44. The minimum Gasteiger partial charge on any atom is -0.472 e. The number of hydrogen-bond donors (Lipinski definition) is 0. The van der Waals surface area contributed by atoms with Crippen LogP contribution in [0, 0.1) is 0 Å². The van der Waals surface area contributed by atoms with Gasteiger partial charge in [-0.05, 0) is 60.0 Å². The van der Waals surface area contributed by atoms with E-state index in [0.717, 1.165) is 0 Å². The highest BCUT2D eigenvalue weighted by atomic mass is 15.2. The molecule has 0 amide bonds. The summed E-state index contributed by atoms with van der Waals surface area (Å²) in [6.07, 6.45) is 3.60. The molecule has 4 aromatic rings. The van der Waals surface area contributed by atoms with Crippen LogP contribution in [0.1, 0.15) is 47.7 Å². The maximum atomic E-state index is 2.68. The van der Waals surface area contributed by atoms with Gasteiger partial charge in [-0.1, -0.05) is 166 Å². The number of benzene rings is 4. The Hall–Kier alpha value is -3.59. The van der Waals surface area contributed by atoms with E-state index in [1.54, 1.807) is 0 Å². The SMILES string of the molecule is CC1=Cc2c(-c3ccccc3)cccc2C1[B][B-](C1C(C)=Cc2c(-c3ccccc3)cccc21)(N(C)C)N(C)C. The number of nitrogens with zero attached hydrogens (tertiary/aromatic N) is 2. The molecule has 0 aliphatic heterocycles. The lowest BCUT2D eigenvalue weighted by atomic mass is 9.08. The molecule has 40 heavy (non-hydrogen) atoms. The van der Waals surface area contributed by atoms with E-state index in [0.29, 0.717) is 0 Å². The molecule has 0 N–H and O–H groups in total. The van der Waals surface area contributed by atoms with Crippen LogP contribution in [0.25, 0.3) is 34.4 Å². The topological polar surface area (TPSA) is 6.48 Å². The summed E-state index contributed by atoms with van der Waals surface area (Å²) in [6, 6.07) is 35.3. The van der Waals surface area contributed by atoms with Crippen molar-refractivity contribution in [1.29, 1.82) is 0 Å². The van der Waals surface area contributed by atoms with E-state index in [1.807, 2.05) is 0 Å². The van der Waals surface area contributed by atoms with Gasteiger partial charge >= 0.3 is 0 Å². The summed E-state index contributed by atoms with van der Waals surface area (Å²) >= 11 is 0. The van der Waals surface area contributed by atoms with Gasteiger partial charge < -0.3 is 9.62 Å². The zero-order valence-electron chi connectivity index (χ0n) is 24.6. The highest BCUT2D eigenvalue weighted by Crippen LogP contribution is 2.49. The molecule has 2 atom stereocenters. The first-order valence-corrected chi connectivity index (χ1v) is 14.4. The fourth-order valence-corrected chi connectivity index (χ4v) is 7.60. The Balaban J connectivity index is 1.46. The van der Waals surface area contributed by atoms with Gasteiger partial charge in [0.2, 0.25) is 0 Å². The molecule has 2 aliphatic carbocycles. The third-order valence-corrected chi connectivity index (χ3v) is 9.47. The van der Waals surface area contributed by atoms with Crippen LogP contribution in [0.4, 0.5) is 0 Å². The van der Waals surface area contributed by atoms with E-state index in [1.165, 1.54) is 55.7 Å². The molecule has 2 aliphatic rings. The van der Waals surface area contributed by atoms with Gasteiger partial charge in [-0.15, -0.1) is 0 Å². The fraction of sp³-hybridized carbons (Fsp3) is 0.222. The van der Waals surface area contributed by atoms with Gasteiger partial charge in [0.1, 0.15) is 6.31 Å². The van der Waals surface area contributed by atoms with Gasteiger partial charge in [-0.25, -0.2) is 0 Å². The zero-order valence-corrected chi connectivity index (χ0v) is 24.6. The van der Waals surface area contributed by atoms with Crippen molar-refractivity contribution < 1.29 is 0 Å². The average Bonchev–Trinajstić information content (AvgIpc) is 3.47. The Morgan fingerprint density at radius 3 is 1.55 bits per heavy atom. The monoisotopic (exact) mass is 520 g/mol. The molecular formula is C36H38B2N2-. The summed E-state index contributed by atoms with van der Waals surface area (Å²) < 4.78 is 0. The number of allylic oxidation sites excluding steroid dienone is 2. The minimum atomic E-state index is -1.27. The lowest BCUT2D eigenvalue weighted by molar-refractivity contribution is 0.489. The van der Waals surface area contributed by atoms with Crippen molar-refractivity contribution in [2.75, 3.05) is 28.2 Å². The second-order valence-electron chi connectivity index (χ2n) is 12.1. The van der Waals surface area contributed by atoms with Crippen LogP contribution in [0.15, 0.2) is 108 Å². The van der Waals surface area contributed by atoms with Crippen LogP contribution in [0.2, 0.25) is 0 Å². The molecular weight excluding hydrogens is 482 g/mol. The lowest BCUT2D eigenvalue weighted by Gasteiger charge is -2.59. The molecule has 0 fully saturated rings. The third kappa shape index (κ3) is 4.22. The van der Waals surface area contributed by atoms with E-state index < -0.39 is 6.31 Å². The molecule has 2 unspecified atom stereocenters. The molecule has 199 valence electrons. The molecule has 6 rings (SSSR count). The number of rotatable bonds is 7. The van der Waals surface area contributed by atoms with E-state index in [2.05, 4.69) is 168 Å². The maximum absolute atomic E-state index is 2.68. The highest BCUT2D eigenvalue weighted by molar-refractivity contribution is 7.23. The molecule has 0 saturated heterocycles. The van der Waals surface area contributed by atoms with Crippen LogP contribution < -0.4 is 0 Å². The van der Waals surface area contributed by atoms with Crippen molar-refractivity contribution in [3.63, 3.8) is 0 Å². The molecule has 0 spiro atoms. The van der Waals surface area contributed by atoms with Crippen molar-refractivity contribution in [2.45, 2.75) is 25.5 Å². The van der Waals surface area contributed by atoms with Gasteiger partial charge in [0.05, 0.1) is 0 Å². The average molecular weight is 520 g/mol. The molecule has 0 heterocycles. The first kappa shape index (κ1) is 26.6. The Morgan fingerprint density at radius 2 is 1.02 bits per heavy atom. The van der Waals surface area contributed by atoms with Gasteiger partial charge in [0.15, 0.2) is 0 Å². The van der Waals surface area contributed by atoms with E-state index in [4.69, 9.17) is 0 Å². The van der Waals surface area contributed by atoms with Crippen LogP contribution in [-0.2, 0) is 0 Å². The molecule has 1 radical (unpaired) electrons. The number of fused-ring (bicyclic) bond motifs is 2. The lowest BCUT2D eigenvalue weighted by Crippen LogP contribution is -2.70. The molecule has 0 saturated carbocycles. The van der Waals surface area contributed by atoms with Crippen molar-refractivity contribution in [3.8, 4) is 22.3 Å². The van der Waals surface area contributed by atoms with Gasteiger partial charge in [-0.3, -0.25) is 0 Å². The first-order chi connectivity index (χ1) is 19.3. The van der Waals surface area contributed by atoms with Crippen molar-refractivity contribution in [3.05, 3.63) is 130 Å². The molecule has 0 aromatic heterocycles. The van der Waals surface area contributed by atoms with Crippen LogP contribution >= 0.6 is 0 Å². The van der Waals surface area contributed by atoms with Crippen molar-refractivity contribution in [1.82, 2.24) is 9.62 Å². The fourth-order valence-electron chi connectivity index (χ4n) is 7.60. The summed E-state index contributed by atoms with van der Waals surface area (Å²) in [5.74, 6) is 0.510. The second kappa shape index (κ2) is 10.4. The van der Waals surface area contributed by atoms with Gasteiger partial charge in [-0.2, -0.15) is 0 Å². The van der Waals surface area contributed by atoms with E-state index in [-0.39, 0.29) is 11.6 Å². The Morgan fingerprint density at radius 1 is 0.550 bits per heavy atom. The van der Waals surface area contributed by atoms with Crippen molar-refractivity contribution >= 4 is 25.6 Å². The van der Waals surface area contributed by atoms with Crippen molar-refractivity contribution in [2.24, 2.45) is 0 Å². The summed E-state index contributed by atoms with van der Waals surface area (Å²) in [7, 11) is 11.7. The molecule has 0 bridgehead atoms. The smallest absolute Gasteiger partial charge is 0.102 e. The Bertz CT molecular complexity index is 1590. The van der Waals surface area contributed by atoms with Gasteiger partial charge in [0.25, 0.3) is 0 Å². The van der Waals surface area contributed by atoms with Crippen LogP contribution in [0.5, 0.6) is 0 Å². The quantitative estimate of drug-likeness (QED) is 0.228. The summed E-state index contributed by atoms with van der Waals surface area (Å²) in [4.78, 5) is 4.97. The normalized spacial score (nSPS) is 18.0. The van der Waals surface area contributed by atoms with Crippen LogP contribution in [0.3, 0.4) is 0 Å². The predicted octanol–water partition coefficient (Wildman–Crippen LogP) is 7.98. The Kier molecular flexibility index (Phi) is 6.94. The van der Waals surface area contributed by atoms with E-state index >= 15 is 0 Å². The molecule has 4 aromatic carbocycles. The largest absolute Gasteiger partial charge is 0.472 e. The first-order valence-electron chi connectivity index (χ1n) is 14.4. The second-order valence-corrected chi connectivity index (χ2v) is 12.1. The molecule has 2 nitrogen and oxygen atoms in total. The maximum Gasteiger partial charge on any atom is 0.102 e. The third-order valence-electron chi connectivity index (χ3n) is 9.47. The number of hydrogen-bond acceptors (Lipinski definition) is 2. The minimum absolute atomic E-state index is 0.248. The zero-order chi connectivity index (χ0) is 28.0. The van der Waals surface area contributed by atoms with Gasteiger partial charge in [0, 0.05) is 0 Å². The summed E-state index contributed by atoms with van der Waals surface area (Å²) in [5.41, 5.74) is 13.6.